The predicted molar refractivity (Wildman–Crippen MR) is 66.9 cm³/mol. The molecule has 0 amide bonds. The third-order valence-corrected chi connectivity index (χ3v) is 3.46. The summed E-state index contributed by atoms with van der Waals surface area (Å²) in [6.07, 6.45) is 0. The van der Waals surface area contributed by atoms with Crippen molar-refractivity contribution in [2.45, 2.75) is 6.92 Å². The summed E-state index contributed by atoms with van der Waals surface area (Å²) in [6, 6.07) is 3.03. The van der Waals surface area contributed by atoms with E-state index in [0.717, 1.165) is 0 Å². The van der Waals surface area contributed by atoms with Crippen LogP contribution in [-0.4, -0.2) is 26.3 Å². The van der Waals surface area contributed by atoms with Crippen LogP contribution in [0, 0.1) is 18.2 Å². The van der Waals surface area contributed by atoms with Crippen molar-refractivity contribution in [1.82, 2.24) is 0 Å². The molecule has 3 N–H and O–H groups in total. The normalized spacial score (nSPS) is 17.6. The summed E-state index contributed by atoms with van der Waals surface area (Å²) in [7, 11) is 0. The minimum Gasteiger partial charge on any atom is -0.383 e. The van der Waals surface area contributed by atoms with Crippen LogP contribution in [0.3, 0.4) is 0 Å². The maximum absolute atomic E-state index is 13.4. The Morgan fingerprint density at radius 1 is 1.53 bits per heavy atom. The Morgan fingerprint density at radius 2 is 2.24 bits per heavy atom. The first-order valence-electron chi connectivity index (χ1n) is 5.54. The zero-order valence-corrected chi connectivity index (χ0v) is 10.5. The van der Waals surface area contributed by atoms with Crippen LogP contribution in [0.2, 0.25) is 5.02 Å². The molecule has 0 aliphatic carbocycles. The van der Waals surface area contributed by atoms with Crippen molar-refractivity contribution in [2.24, 2.45) is 11.1 Å². The Balaban J connectivity index is 2.06. The van der Waals surface area contributed by atoms with E-state index >= 15 is 0 Å². The Kier molecular flexibility index (Phi) is 3.56. The second-order valence-corrected chi connectivity index (χ2v) is 5.04. The number of hydrogen-bond donors (Lipinski definition) is 2. The van der Waals surface area contributed by atoms with Gasteiger partial charge < -0.3 is 15.8 Å². The molecule has 0 radical (unpaired) electrons. The van der Waals surface area contributed by atoms with Crippen LogP contribution in [0.5, 0.6) is 0 Å². The number of nitrogens with one attached hydrogen (secondary N) is 1. The second kappa shape index (κ2) is 4.80. The quantitative estimate of drug-likeness (QED) is 0.870. The first kappa shape index (κ1) is 12.6. The summed E-state index contributed by atoms with van der Waals surface area (Å²) < 4.78 is 18.6. The highest BCUT2D eigenvalue weighted by molar-refractivity contribution is 6.33. The lowest BCUT2D eigenvalue weighted by Crippen LogP contribution is -2.52. The number of hydrogen-bond acceptors (Lipinski definition) is 3. The Hall–Kier alpha value is -0.840. The molecule has 1 fully saturated rings. The Bertz CT molecular complexity index is 416. The molecular formula is C12H16ClFN2O. The van der Waals surface area contributed by atoms with Gasteiger partial charge in [-0.15, -0.1) is 0 Å². The number of halogens is 2. The zero-order chi connectivity index (χ0) is 12.5. The van der Waals surface area contributed by atoms with Gasteiger partial charge in [-0.3, -0.25) is 0 Å². The van der Waals surface area contributed by atoms with Crippen LogP contribution in [-0.2, 0) is 4.74 Å². The fourth-order valence-electron chi connectivity index (χ4n) is 1.75. The third-order valence-electron chi connectivity index (χ3n) is 3.15. The molecule has 3 nitrogen and oxygen atoms in total. The maximum atomic E-state index is 13.4. The van der Waals surface area contributed by atoms with Crippen molar-refractivity contribution in [3.05, 3.63) is 28.5 Å². The van der Waals surface area contributed by atoms with Crippen molar-refractivity contribution in [3.63, 3.8) is 0 Å². The molecule has 0 spiro atoms. The topological polar surface area (TPSA) is 47.3 Å². The van der Waals surface area contributed by atoms with Gasteiger partial charge in [-0.1, -0.05) is 11.6 Å². The fraction of sp³-hybridized carbons (Fsp3) is 0.500. The van der Waals surface area contributed by atoms with Gasteiger partial charge in [0.2, 0.25) is 0 Å². The van der Waals surface area contributed by atoms with E-state index in [1.807, 2.05) is 0 Å². The molecule has 1 heterocycles. The number of rotatable bonds is 4. The molecule has 0 unspecified atom stereocenters. The standard InChI is InChI=1S/C12H16ClFN2O/c1-8-2-9(13)11(3-10(8)14)16-5-12(4-15)6-17-7-12/h2-3,16H,4-7,15H2,1H3. The average Bonchev–Trinajstić information content (AvgIpc) is 2.24. The predicted octanol–water partition coefficient (Wildman–Crippen LogP) is 2.17. The van der Waals surface area contributed by atoms with E-state index < -0.39 is 0 Å². The number of ether oxygens (including phenoxy) is 1. The lowest BCUT2D eigenvalue weighted by molar-refractivity contribution is -0.0979. The van der Waals surface area contributed by atoms with E-state index in [2.05, 4.69) is 5.32 Å². The minimum atomic E-state index is -0.261. The number of benzene rings is 1. The van der Waals surface area contributed by atoms with E-state index in [4.69, 9.17) is 22.1 Å². The van der Waals surface area contributed by atoms with Crippen LogP contribution in [0.15, 0.2) is 12.1 Å². The van der Waals surface area contributed by atoms with Gasteiger partial charge in [0, 0.05) is 18.5 Å². The molecule has 0 saturated carbocycles. The van der Waals surface area contributed by atoms with Gasteiger partial charge in [0.05, 0.1) is 23.9 Å². The van der Waals surface area contributed by atoms with Crippen LogP contribution < -0.4 is 11.1 Å². The van der Waals surface area contributed by atoms with Gasteiger partial charge in [0.1, 0.15) is 5.82 Å². The van der Waals surface area contributed by atoms with Crippen LogP contribution in [0.1, 0.15) is 5.56 Å². The molecular weight excluding hydrogens is 243 g/mol. The van der Waals surface area contributed by atoms with Crippen LogP contribution in [0.25, 0.3) is 0 Å². The molecule has 1 aromatic carbocycles. The van der Waals surface area contributed by atoms with Crippen molar-refractivity contribution in [3.8, 4) is 0 Å². The van der Waals surface area contributed by atoms with E-state index in [-0.39, 0.29) is 11.2 Å². The highest BCUT2D eigenvalue weighted by Gasteiger charge is 2.37. The number of nitrogens with two attached hydrogens (primary N) is 1. The summed E-state index contributed by atoms with van der Waals surface area (Å²) in [5.41, 5.74) is 6.81. The fourth-order valence-corrected chi connectivity index (χ4v) is 2.03. The molecule has 1 saturated heterocycles. The summed E-state index contributed by atoms with van der Waals surface area (Å²) in [6.45, 7) is 4.16. The first-order valence-corrected chi connectivity index (χ1v) is 5.91. The summed E-state index contributed by atoms with van der Waals surface area (Å²) in [4.78, 5) is 0. The molecule has 1 aliphatic heterocycles. The Labute approximate surface area is 105 Å². The summed E-state index contributed by atoms with van der Waals surface area (Å²) >= 11 is 6.04. The maximum Gasteiger partial charge on any atom is 0.128 e. The third kappa shape index (κ3) is 2.54. The highest BCUT2D eigenvalue weighted by Crippen LogP contribution is 2.29. The monoisotopic (exact) mass is 258 g/mol. The SMILES string of the molecule is Cc1cc(Cl)c(NCC2(CN)COC2)cc1F. The lowest BCUT2D eigenvalue weighted by atomic mass is 9.86. The van der Waals surface area contributed by atoms with E-state index in [1.54, 1.807) is 13.0 Å². The first-order chi connectivity index (χ1) is 8.06. The van der Waals surface area contributed by atoms with Crippen molar-refractivity contribution in [1.29, 1.82) is 0 Å². The van der Waals surface area contributed by atoms with Crippen LogP contribution in [0.4, 0.5) is 10.1 Å². The highest BCUT2D eigenvalue weighted by atomic mass is 35.5. The number of anilines is 1. The molecule has 1 aromatic rings. The van der Waals surface area contributed by atoms with Gasteiger partial charge in [-0.05, 0) is 24.6 Å². The Morgan fingerprint density at radius 3 is 2.76 bits per heavy atom. The molecule has 94 valence electrons. The molecule has 5 heteroatoms. The summed E-state index contributed by atoms with van der Waals surface area (Å²) in [5.74, 6) is -0.261. The zero-order valence-electron chi connectivity index (χ0n) is 9.72. The minimum absolute atomic E-state index is 0.0370. The molecule has 2 rings (SSSR count). The van der Waals surface area contributed by atoms with Gasteiger partial charge in [-0.25, -0.2) is 4.39 Å². The summed E-state index contributed by atoms with van der Waals surface area (Å²) in [5, 5.41) is 3.67. The van der Waals surface area contributed by atoms with E-state index in [9.17, 15) is 4.39 Å². The van der Waals surface area contributed by atoms with Crippen molar-refractivity contribution < 1.29 is 9.13 Å². The number of aryl methyl sites for hydroxylation is 1. The molecule has 1 aliphatic rings. The molecule has 0 bridgehead atoms. The van der Waals surface area contributed by atoms with Crippen molar-refractivity contribution in [2.75, 3.05) is 31.6 Å². The average molecular weight is 259 g/mol. The van der Waals surface area contributed by atoms with Gasteiger partial charge in [-0.2, -0.15) is 0 Å². The molecule has 0 atom stereocenters. The van der Waals surface area contributed by atoms with Gasteiger partial charge in [0.15, 0.2) is 0 Å². The molecule has 17 heavy (non-hydrogen) atoms. The van der Waals surface area contributed by atoms with E-state index in [1.165, 1.54) is 6.07 Å². The largest absolute Gasteiger partial charge is 0.383 e. The van der Waals surface area contributed by atoms with Crippen LogP contribution >= 0.6 is 11.6 Å². The lowest BCUT2D eigenvalue weighted by Gasteiger charge is -2.40. The van der Waals surface area contributed by atoms with Crippen molar-refractivity contribution >= 4 is 17.3 Å². The van der Waals surface area contributed by atoms with E-state index in [0.29, 0.717) is 42.6 Å². The molecule has 0 aromatic heterocycles. The van der Waals surface area contributed by atoms with Gasteiger partial charge >= 0.3 is 0 Å². The second-order valence-electron chi connectivity index (χ2n) is 4.63. The smallest absolute Gasteiger partial charge is 0.128 e. The van der Waals surface area contributed by atoms with Gasteiger partial charge in [0.25, 0.3) is 0 Å².